The second kappa shape index (κ2) is 9.98. The van der Waals surface area contributed by atoms with Crippen molar-refractivity contribution in [2.24, 2.45) is 0 Å². The molecule has 122 valence electrons. The monoisotopic (exact) mass is 303 g/mol. The Balaban J connectivity index is 4.09. The molecule has 4 N–H and O–H groups in total. The van der Waals surface area contributed by atoms with E-state index < -0.39 is 24.0 Å². The molecule has 0 rings (SSSR count). The summed E-state index contributed by atoms with van der Waals surface area (Å²) in [5.41, 5.74) is 0. The second-order valence-electron chi connectivity index (χ2n) is 4.96. The molecular formula is C13H25N3O5. The van der Waals surface area contributed by atoms with Gasteiger partial charge in [-0.1, -0.05) is 6.92 Å². The first-order chi connectivity index (χ1) is 9.77. The molecular weight excluding hydrogens is 278 g/mol. The number of urea groups is 1. The van der Waals surface area contributed by atoms with Gasteiger partial charge in [0.1, 0.15) is 6.04 Å². The van der Waals surface area contributed by atoms with Crippen molar-refractivity contribution >= 4 is 18.0 Å². The number of carbonyl (C=O) groups excluding carboxylic acids is 1. The zero-order valence-electron chi connectivity index (χ0n) is 12.8. The van der Waals surface area contributed by atoms with Crippen molar-refractivity contribution in [2.75, 3.05) is 20.1 Å². The normalized spacial score (nSPS) is 13.5. The first-order valence-electron chi connectivity index (χ1n) is 6.97. The van der Waals surface area contributed by atoms with Crippen LogP contribution in [-0.4, -0.2) is 65.3 Å². The highest BCUT2D eigenvalue weighted by molar-refractivity contribution is 5.82. The van der Waals surface area contributed by atoms with Gasteiger partial charge in [0.15, 0.2) is 0 Å². The Kier molecular flexibility index (Phi) is 9.11. The molecule has 8 heteroatoms. The van der Waals surface area contributed by atoms with Crippen molar-refractivity contribution in [3.8, 4) is 0 Å². The molecule has 0 bridgehead atoms. The number of rotatable bonds is 10. The van der Waals surface area contributed by atoms with E-state index in [4.69, 9.17) is 10.2 Å². The standard InChI is InChI=1S/C13H25N3O5/c1-4-9(2)16(3)8-7-14-13(21)15-10(12(19)20)5-6-11(17)18/h9-10H,4-8H2,1-3H3,(H,17,18)(H,19,20)(H2,14,15,21). The van der Waals surface area contributed by atoms with Gasteiger partial charge in [-0.05, 0) is 26.8 Å². The number of carboxylic acid groups (broad SMARTS) is 2. The summed E-state index contributed by atoms with van der Waals surface area (Å²) in [6.45, 7) is 5.18. The second-order valence-corrected chi connectivity index (χ2v) is 4.96. The third kappa shape index (κ3) is 8.85. The van der Waals surface area contributed by atoms with Crippen molar-refractivity contribution in [1.82, 2.24) is 15.5 Å². The smallest absolute Gasteiger partial charge is 0.326 e. The number of amides is 2. The molecule has 21 heavy (non-hydrogen) atoms. The molecule has 0 heterocycles. The lowest BCUT2D eigenvalue weighted by molar-refractivity contribution is -0.140. The Labute approximate surface area is 124 Å². The van der Waals surface area contributed by atoms with Crippen LogP contribution >= 0.6 is 0 Å². The molecule has 8 nitrogen and oxygen atoms in total. The molecule has 0 spiro atoms. The van der Waals surface area contributed by atoms with Crippen LogP contribution in [0.15, 0.2) is 0 Å². The van der Waals surface area contributed by atoms with Crippen LogP contribution in [0.3, 0.4) is 0 Å². The molecule has 0 aromatic heterocycles. The van der Waals surface area contributed by atoms with Gasteiger partial charge < -0.3 is 25.7 Å². The summed E-state index contributed by atoms with van der Waals surface area (Å²) < 4.78 is 0. The van der Waals surface area contributed by atoms with Gasteiger partial charge in [0.2, 0.25) is 0 Å². The lowest BCUT2D eigenvalue weighted by atomic mass is 10.1. The minimum absolute atomic E-state index is 0.148. The third-order valence-electron chi connectivity index (χ3n) is 3.34. The number of nitrogens with one attached hydrogen (secondary N) is 2. The quantitative estimate of drug-likeness (QED) is 0.462. The average molecular weight is 303 g/mol. The van der Waals surface area contributed by atoms with Crippen LogP contribution in [-0.2, 0) is 9.59 Å². The zero-order chi connectivity index (χ0) is 16.4. The van der Waals surface area contributed by atoms with E-state index in [1.54, 1.807) is 0 Å². The highest BCUT2D eigenvalue weighted by Crippen LogP contribution is 1.99. The van der Waals surface area contributed by atoms with Crippen LogP contribution in [0, 0.1) is 0 Å². The molecule has 0 fully saturated rings. The van der Waals surface area contributed by atoms with Crippen LogP contribution in [0.2, 0.25) is 0 Å². The molecule has 0 saturated heterocycles. The van der Waals surface area contributed by atoms with Gasteiger partial charge in [0, 0.05) is 25.6 Å². The van der Waals surface area contributed by atoms with Crippen LogP contribution in [0.1, 0.15) is 33.1 Å². The number of carboxylic acids is 2. The summed E-state index contributed by atoms with van der Waals surface area (Å²) in [5.74, 6) is -2.35. The summed E-state index contributed by atoms with van der Waals surface area (Å²) >= 11 is 0. The van der Waals surface area contributed by atoms with E-state index in [9.17, 15) is 14.4 Å². The molecule has 0 aliphatic heterocycles. The topological polar surface area (TPSA) is 119 Å². The van der Waals surface area contributed by atoms with Crippen LogP contribution in [0.25, 0.3) is 0 Å². The van der Waals surface area contributed by atoms with Crippen LogP contribution in [0.4, 0.5) is 4.79 Å². The van der Waals surface area contributed by atoms with E-state index in [1.807, 2.05) is 7.05 Å². The highest BCUT2D eigenvalue weighted by Gasteiger charge is 2.20. The number of hydrogen-bond acceptors (Lipinski definition) is 4. The molecule has 2 atom stereocenters. The Morgan fingerprint density at radius 3 is 2.33 bits per heavy atom. The predicted molar refractivity (Wildman–Crippen MR) is 77.2 cm³/mol. The first kappa shape index (κ1) is 19.2. The minimum Gasteiger partial charge on any atom is -0.481 e. The van der Waals surface area contributed by atoms with Gasteiger partial charge >= 0.3 is 18.0 Å². The molecule has 0 saturated carbocycles. The van der Waals surface area contributed by atoms with Gasteiger partial charge in [-0.15, -0.1) is 0 Å². The molecule has 0 aromatic carbocycles. The summed E-state index contributed by atoms with van der Waals surface area (Å²) in [5, 5.41) is 22.3. The first-order valence-corrected chi connectivity index (χ1v) is 6.97. The van der Waals surface area contributed by atoms with E-state index in [2.05, 4.69) is 29.4 Å². The Morgan fingerprint density at radius 2 is 1.86 bits per heavy atom. The summed E-state index contributed by atoms with van der Waals surface area (Å²) in [4.78, 5) is 35.0. The Bertz CT molecular complexity index is 362. The maximum Gasteiger partial charge on any atom is 0.326 e. The average Bonchev–Trinajstić information content (AvgIpc) is 2.41. The van der Waals surface area contributed by atoms with Crippen molar-refractivity contribution in [2.45, 2.75) is 45.2 Å². The van der Waals surface area contributed by atoms with Gasteiger partial charge in [0.25, 0.3) is 0 Å². The lowest BCUT2D eigenvalue weighted by Crippen LogP contribution is -2.48. The zero-order valence-corrected chi connectivity index (χ0v) is 12.8. The summed E-state index contributed by atoms with van der Waals surface area (Å²) in [6, 6.07) is -1.41. The SMILES string of the molecule is CCC(C)N(C)CCNC(=O)NC(CCC(=O)O)C(=O)O. The molecule has 0 aromatic rings. The van der Waals surface area contributed by atoms with Gasteiger partial charge in [-0.25, -0.2) is 9.59 Å². The van der Waals surface area contributed by atoms with E-state index >= 15 is 0 Å². The molecule has 2 amide bonds. The minimum atomic E-state index is -1.25. The van der Waals surface area contributed by atoms with Gasteiger partial charge in [0.05, 0.1) is 0 Å². The fraction of sp³-hybridized carbons (Fsp3) is 0.769. The van der Waals surface area contributed by atoms with Gasteiger partial charge in [-0.3, -0.25) is 4.79 Å². The van der Waals surface area contributed by atoms with E-state index in [0.717, 1.165) is 6.42 Å². The number of nitrogens with zero attached hydrogens (tertiary/aromatic N) is 1. The van der Waals surface area contributed by atoms with E-state index in [-0.39, 0.29) is 12.8 Å². The molecule has 0 aliphatic rings. The van der Waals surface area contributed by atoms with Crippen LogP contribution in [0.5, 0.6) is 0 Å². The largest absolute Gasteiger partial charge is 0.481 e. The molecule has 2 unspecified atom stereocenters. The Morgan fingerprint density at radius 1 is 1.24 bits per heavy atom. The fourth-order valence-electron chi connectivity index (χ4n) is 1.61. The van der Waals surface area contributed by atoms with Crippen molar-refractivity contribution < 1.29 is 24.6 Å². The van der Waals surface area contributed by atoms with E-state index in [1.165, 1.54) is 0 Å². The van der Waals surface area contributed by atoms with E-state index in [0.29, 0.717) is 19.1 Å². The van der Waals surface area contributed by atoms with Crippen molar-refractivity contribution in [3.05, 3.63) is 0 Å². The summed E-state index contributed by atoms with van der Waals surface area (Å²) in [6.07, 6.45) is 0.540. The number of likely N-dealkylation sites (N-methyl/N-ethyl adjacent to an activating group) is 1. The van der Waals surface area contributed by atoms with Gasteiger partial charge in [-0.2, -0.15) is 0 Å². The number of hydrogen-bond donors (Lipinski definition) is 4. The Hall–Kier alpha value is -1.83. The fourth-order valence-corrected chi connectivity index (χ4v) is 1.61. The maximum atomic E-state index is 11.6. The number of carbonyl (C=O) groups is 3. The van der Waals surface area contributed by atoms with Crippen molar-refractivity contribution in [1.29, 1.82) is 0 Å². The van der Waals surface area contributed by atoms with Crippen LogP contribution < -0.4 is 10.6 Å². The summed E-state index contributed by atoms with van der Waals surface area (Å²) in [7, 11) is 1.95. The third-order valence-corrected chi connectivity index (χ3v) is 3.34. The maximum absolute atomic E-state index is 11.6. The predicted octanol–water partition coefficient (Wildman–Crippen LogP) is 0.334. The van der Waals surface area contributed by atoms with Crippen molar-refractivity contribution in [3.63, 3.8) is 0 Å². The number of aliphatic carboxylic acids is 2. The molecule has 0 radical (unpaired) electrons. The molecule has 0 aliphatic carbocycles. The lowest BCUT2D eigenvalue weighted by Gasteiger charge is -2.23. The highest BCUT2D eigenvalue weighted by atomic mass is 16.4.